The third-order valence-corrected chi connectivity index (χ3v) is 7.29. The minimum Gasteiger partial charge on any atom is -0.459 e. The highest BCUT2D eigenvalue weighted by Crippen LogP contribution is 2.34. The van der Waals surface area contributed by atoms with E-state index in [1.165, 1.54) is 18.1 Å². The summed E-state index contributed by atoms with van der Waals surface area (Å²) < 4.78 is 10.9. The maximum atomic E-state index is 14.0. The molecule has 1 aliphatic heterocycles. The molecule has 2 heterocycles. The zero-order valence-electron chi connectivity index (χ0n) is 21.6. The van der Waals surface area contributed by atoms with E-state index >= 15 is 0 Å². The smallest absolute Gasteiger partial charge is 0.294 e. The van der Waals surface area contributed by atoms with Crippen molar-refractivity contribution in [3.63, 3.8) is 0 Å². The van der Waals surface area contributed by atoms with Crippen molar-refractivity contribution in [2.75, 3.05) is 36.1 Å². The number of rotatable bonds is 8. The van der Waals surface area contributed by atoms with E-state index in [2.05, 4.69) is 10.2 Å². The number of hydrogen-bond donors (Lipinski definition) is 1. The number of benzene rings is 2. The summed E-state index contributed by atoms with van der Waals surface area (Å²) in [7, 11) is 0. The molecule has 1 atom stereocenters. The summed E-state index contributed by atoms with van der Waals surface area (Å²) in [6, 6.07) is 16.9. The Morgan fingerprint density at radius 3 is 2.32 bits per heavy atom. The minimum absolute atomic E-state index is 0.0567. The lowest BCUT2D eigenvalue weighted by atomic mass is 9.99. The summed E-state index contributed by atoms with van der Waals surface area (Å²) in [6.07, 6.45) is 5.36. The average molecular weight is 516 g/mol. The second kappa shape index (κ2) is 11.6. The standard InChI is InChI=1S/C30H33N3O5/c1-21(34)25-9-4-5-10-26(25)33(30(36)27-11-6-18-38-27)28(29(35)31-23-7-2-3-8-23)22-12-14-24(15-13-22)32-16-19-37-20-17-32/h4-6,9-15,18,23,28H,2-3,7-8,16-17,19-20H2,1H3,(H,31,35)/t28-/m1/s1. The van der Waals surface area contributed by atoms with Gasteiger partial charge in [0.05, 0.1) is 25.2 Å². The number of nitrogens with zero attached hydrogens (tertiary/aromatic N) is 2. The number of nitrogens with one attached hydrogen (secondary N) is 1. The second-order valence-corrected chi connectivity index (χ2v) is 9.81. The van der Waals surface area contributed by atoms with Gasteiger partial charge in [0.1, 0.15) is 6.04 Å². The molecule has 3 aromatic rings. The molecule has 2 amide bonds. The van der Waals surface area contributed by atoms with Crippen LogP contribution in [0.25, 0.3) is 0 Å². The van der Waals surface area contributed by atoms with Crippen molar-refractivity contribution in [3.8, 4) is 0 Å². The number of carbonyl (C=O) groups is 3. The van der Waals surface area contributed by atoms with Crippen LogP contribution in [0.1, 0.15) is 65.1 Å². The number of anilines is 2. The van der Waals surface area contributed by atoms with Crippen LogP contribution < -0.4 is 15.1 Å². The molecule has 0 bridgehead atoms. The van der Waals surface area contributed by atoms with Gasteiger partial charge in [-0.3, -0.25) is 19.3 Å². The molecule has 198 valence electrons. The second-order valence-electron chi connectivity index (χ2n) is 9.81. The van der Waals surface area contributed by atoms with Crippen LogP contribution in [-0.2, 0) is 9.53 Å². The summed E-state index contributed by atoms with van der Waals surface area (Å²) in [6.45, 7) is 4.38. The number of hydrogen-bond acceptors (Lipinski definition) is 6. The van der Waals surface area contributed by atoms with Gasteiger partial charge in [-0.25, -0.2) is 0 Å². The fourth-order valence-electron chi connectivity index (χ4n) is 5.32. The molecule has 2 aromatic carbocycles. The number of Topliss-reactive ketones (excluding diaryl/α,β-unsaturated/α-hetero) is 1. The topological polar surface area (TPSA) is 92.1 Å². The molecule has 1 N–H and O–H groups in total. The predicted octanol–water partition coefficient (Wildman–Crippen LogP) is 4.77. The Balaban J connectivity index is 1.60. The number of para-hydroxylation sites is 1. The first-order chi connectivity index (χ1) is 18.5. The van der Waals surface area contributed by atoms with Gasteiger partial charge in [0.15, 0.2) is 11.5 Å². The zero-order valence-corrected chi connectivity index (χ0v) is 21.6. The van der Waals surface area contributed by atoms with Gasteiger partial charge in [-0.05, 0) is 61.7 Å². The third kappa shape index (κ3) is 5.50. The van der Waals surface area contributed by atoms with Crippen LogP contribution in [-0.4, -0.2) is 49.9 Å². The highest BCUT2D eigenvalue weighted by Gasteiger charge is 2.37. The van der Waals surface area contributed by atoms with Crippen LogP contribution in [0.3, 0.4) is 0 Å². The Morgan fingerprint density at radius 2 is 1.66 bits per heavy atom. The van der Waals surface area contributed by atoms with Crippen LogP contribution in [0.4, 0.5) is 11.4 Å². The van der Waals surface area contributed by atoms with Crippen molar-refractivity contribution < 1.29 is 23.5 Å². The third-order valence-electron chi connectivity index (χ3n) is 7.29. The molecule has 1 saturated carbocycles. The highest BCUT2D eigenvalue weighted by atomic mass is 16.5. The molecule has 8 nitrogen and oxygen atoms in total. The molecular weight excluding hydrogens is 482 g/mol. The zero-order chi connectivity index (χ0) is 26.5. The number of amides is 2. The SMILES string of the molecule is CC(=O)c1ccccc1N(C(=O)c1ccco1)[C@@H](C(=O)NC1CCCC1)c1ccc(N2CCOCC2)cc1. The maximum Gasteiger partial charge on any atom is 0.294 e. The van der Waals surface area contributed by atoms with Gasteiger partial charge in [-0.1, -0.05) is 37.1 Å². The van der Waals surface area contributed by atoms with Crippen molar-refractivity contribution in [1.82, 2.24) is 5.32 Å². The lowest BCUT2D eigenvalue weighted by Crippen LogP contribution is -2.46. The Hall–Kier alpha value is -3.91. The van der Waals surface area contributed by atoms with Crippen LogP contribution in [0, 0.1) is 0 Å². The molecule has 38 heavy (non-hydrogen) atoms. The Bertz CT molecular complexity index is 1260. The van der Waals surface area contributed by atoms with E-state index in [4.69, 9.17) is 9.15 Å². The van der Waals surface area contributed by atoms with Crippen molar-refractivity contribution in [2.45, 2.75) is 44.7 Å². The molecule has 1 aromatic heterocycles. The van der Waals surface area contributed by atoms with E-state index < -0.39 is 11.9 Å². The monoisotopic (exact) mass is 515 g/mol. The molecule has 2 aliphatic rings. The average Bonchev–Trinajstić information content (AvgIpc) is 3.67. The summed E-state index contributed by atoms with van der Waals surface area (Å²) in [5.74, 6) is -0.885. The Morgan fingerprint density at radius 1 is 0.947 bits per heavy atom. The minimum atomic E-state index is -1.01. The van der Waals surface area contributed by atoms with Gasteiger partial charge >= 0.3 is 0 Å². The summed E-state index contributed by atoms with van der Waals surface area (Å²) in [5.41, 5.74) is 2.40. The summed E-state index contributed by atoms with van der Waals surface area (Å²) in [4.78, 5) is 44.2. The van der Waals surface area contributed by atoms with Gasteiger partial charge in [0.25, 0.3) is 5.91 Å². The van der Waals surface area contributed by atoms with E-state index in [-0.39, 0.29) is 23.5 Å². The highest BCUT2D eigenvalue weighted by molar-refractivity contribution is 6.12. The van der Waals surface area contributed by atoms with Crippen molar-refractivity contribution in [1.29, 1.82) is 0 Å². The molecule has 0 unspecified atom stereocenters. The Labute approximate surface area is 222 Å². The van der Waals surface area contributed by atoms with E-state index in [1.54, 1.807) is 36.4 Å². The van der Waals surface area contributed by atoms with Gasteiger partial charge in [-0.2, -0.15) is 0 Å². The van der Waals surface area contributed by atoms with Crippen LogP contribution >= 0.6 is 0 Å². The van der Waals surface area contributed by atoms with E-state index in [0.717, 1.165) is 44.5 Å². The predicted molar refractivity (Wildman–Crippen MR) is 145 cm³/mol. The number of carbonyl (C=O) groups excluding carboxylic acids is 3. The van der Waals surface area contributed by atoms with Crippen LogP contribution in [0.5, 0.6) is 0 Å². The number of ether oxygens (including phenoxy) is 1. The number of morpholine rings is 1. The Kier molecular flexibility index (Phi) is 7.89. The molecular formula is C30H33N3O5. The van der Waals surface area contributed by atoms with Crippen LogP contribution in [0.2, 0.25) is 0 Å². The number of ketones is 1. The van der Waals surface area contributed by atoms with Gasteiger partial charge in [-0.15, -0.1) is 0 Å². The lowest BCUT2D eigenvalue weighted by molar-refractivity contribution is -0.123. The molecule has 1 saturated heterocycles. The maximum absolute atomic E-state index is 14.0. The van der Waals surface area contributed by atoms with Crippen molar-refractivity contribution in [2.24, 2.45) is 0 Å². The van der Waals surface area contributed by atoms with Crippen molar-refractivity contribution in [3.05, 3.63) is 83.8 Å². The number of furan rings is 1. The summed E-state index contributed by atoms with van der Waals surface area (Å²) in [5, 5.41) is 3.18. The van der Waals surface area contributed by atoms with Crippen molar-refractivity contribution >= 4 is 29.0 Å². The molecule has 5 rings (SSSR count). The first kappa shape index (κ1) is 25.7. The molecule has 1 aliphatic carbocycles. The largest absolute Gasteiger partial charge is 0.459 e. The van der Waals surface area contributed by atoms with Gasteiger partial charge < -0.3 is 19.4 Å². The summed E-state index contributed by atoms with van der Waals surface area (Å²) >= 11 is 0. The quantitative estimate of drug-likeness (QED) is 0.435. The molecule has 2 fully saturated rings. The first-order valence-corrected chi connectivity index (χ1v) is 13.2. The van der Waals surface area contributed by atoms with Gasteiger partial charge in [0, 0.05) is 30.4 Å². The van der Waals surface area contributed by atoms with E-state index in [0.29, 0.717) is 30.0 Å². The molecule has 0 radical (unpaired) electrons. The normalized spacial score (nSPS) is 16.7. The van der Waals surface area contributed by atoms with Crippen LogP contribution in [0.15, 0.2) is 71.3 Å². The first-order valence-electron chi connectivity index (χ1n) is 13.2. The fourth-order valence-corrected chi connectivity index (χ4v) is 5.32. The molecule has 0 spiro atoms. The fraction of sp³-hybridized carbons (Fsp3) is 0.367. The van der Waals surface area contributed by atoms with E-state index in [1.807, 2.05) is 24.3 Å². The molecule has 8 heteroatoms. The lowest BCUT2D eigenvalue weighted by Gasteiger charge is -2.33. The van der Waals surface area contributed by atoms with E-state index in [9.17, 15) is 14.4 Å². The van der Waals surface area contributed by atoms with Gasteiger partial charge in [0.2, 0.25) is 5.91 Å².